The number of aromatic nitrogens is 1. The fourth-order valence-electron chi connectivity index (χ4n) is 1.09. The van der Waals surface area contributed by atoms with Gasteiger partial charge in [-0.3, -0.25) is 0 Å². The molecule has 0 aliphatic heterocycles. The van der Waals surface area contributed by atoms with Gasteiger partial charge in [0.2, 0.25) is 5.88 Å². The second kappa shape index (κ2) is 5.03. The largest absolute Gasteiger partial charge is 0.479 e. The topological polar surface area (TPSA) is 59.4 Å². The van der Waals surface area contributed by atoms with Crippen molar-refractivity contribution in [3.8, 4) is 5.88 Å². The van der Waals surface area contributed by atoms with Crippen LogP contribution in [0.1, 0.15) is 19.0 Å². The molecule has 1 aromatic heterocycles. The Balaban J connectivity index is 2.89. The van der Waals surface area contributed by atoms with E-state index in [1.54, 1.807) is 6.92 Å². The molecule has 0 radical (unpaired) electrons. The molecule has 1 rings (SSSR count). The molecule has 1 unspecified atom stereocenters. The number of hydrogen-bond donors (Lipinski definition) is 1. The Morgan fingerprint density at radius 2 is 2.18 bits per heavy atom. The van der Waals surface area contributed by atoms with E-state index < -0.39 is 23.9 Å². The lowest BCUT2D eigenvalue weighted by atomic mass is 10.3. The van der Waals surface area contributed by atoms with E-state index in [1.165, 1.54) is 6.07 Å². The Morgan fingerprint density at radius 1 is 1.53 bits per heavy atom. The Bertz CT molecular complexity index is 406. The van der Waals surface area contributed by atoms with Gasteiger partial charge in [-0.05, 0) is 12.5 Å². The summed E-state index contributed by atoms with van der Waals surface area (Å²) in [6.45, 7) is 1.55. The molecule has 0 fully saturated rings. The van der Waals surface area contributed by atoms with Gasteiger partial charge < -0.3 is 9.84 Å². The lowest BCUT2D eigenvalue weighted by Crippen LogP contribution is -2.26. The maximum Gasteiger partial charge on any atom is 0.433 e. The molecule has 1 aromatic rings. The minimum absolute atomic E-state index is 0.132. The first kappa shape index (κ1) is 13.3. The SMILES string of the molecule is CCC(Oc1cccc(C(F)(F)F)n1)C(=O)O. The first-order valence-corrected chi connectivity index (χ1v) is 4.78. The molecule has 0 aliphatic carbocycles. The number of carbonyl (C=O) groups is 1. The maximum absolute atomic E-state index is 12.3. The fraction of sp³-hybridized carbons (Fsp3) is 0.400. The normalized spacial score (nSPS) is 13.2. The van der Waals surface area contributed by atoms with Gasteiger partial charge in [0.15, 0.2) is 6.10 Å². The highest BCUT2D eigenvalue weighted by molar-refractivity contribution is 5.72. The summed E-state index contributed by atoms with van der Waals surface area (Å²) in [6, 6.07) is 3.08. The van der Waals surface area contributed by atoms with Gasteiger partial charge in [-0.2, -0.15) is 13.2 Å². The zero-order valence-corrected chi connectivity index (χ0v) is 8.86. The third-order valence-electron chi connectivity index (χ3n) is 1.92. The minimum atomic E-state index is -4.58. The van der Waals surface area contributed by atoms with E-state index in [9.17, 15) is 18.0 Å². The second-order valence-electron chi connectivity index (χ2n) is 3.21. The number of aliphatic carboxylic acids is 1. The zero-order chi connectivity index (χ0) is 13.1. The molecule has 1 atom stereocenters. The maximum atomic E-state index is 12.3. The van der Waals surface area contributed by atoms with Crippen molar-refractivity contribution < 1.29 is 27.8 Å². The molecule has 17 heavy (non-hydrogen) atoms. The van der Waals surface area contributed by atoms with Gasteiger partial charge in [-0.25, -0.2) is 9.78 Å². The smallest absolute Gasteiger partial charge is 0.433 e. The summed E-state index contributed by atoms with van der Waals surface area (Å²) in [5.41, 5.74) is -1.12. The van der Waals surface area contributed by atoms with Gasteiger partial charge >= 0.3 is 12.1 Å². The zero-order valence-electron chi connectivity index (χ0n) is 8.86. The molecule has 94 valence electrons. The first-order chi connectivity index (χ1) is 7.84. The van der Waals surface area contributed by atoms with Crippen LogP contribution >= 0.6 is 0 Å². The molecule has 0 aliphatic rings. The highest BCUT2D eigenvalue weighted by Gasteiger charge is 2.33. The predicted octanol–water partition coefficient (Wildman–Crippen LogP) is 2.34. The number of nitrogens with zero attached hydrogens (tertiary/aromatic N) is 1. The molecule has 1 heterocycles. The highest BCUT2D eigenvalue weighted by Crippen LogP contribution is 2.28. The molecule has 0 saturated carbocycles. The van der Waals surface area contributed by atoms with Crippen LogP contribution in [0.3, 0.4) is 0 Å². The third-order valence-corrected chi connectivity index (χ3v) is 1.92. The van der Waals surface area contributed by atoms with Crippen molar-refractivity contribution in [2.45, 2.75) is 25.6 Å². The number of ether oxygens (including phenoxy) is 1. The van der Waals surface area contributed by atoms with Gasteiger partial charge in [-0.15, -0.1) is 0 Å². The number of rotatable bonds is 4. The van der Waals surface area contributed by atoms with Gasteiger partial charge in [0, 0.05) is 6.07 Å². The Kier molecular flexibility index (Phi) is 3.93. The lowest BCUT2D eigenvalue weighted by Gasteiger charge is -2.13. The number of pyridine rings is 1. The molecule has 7 heteroatoms. The summed E-state index contributed by atoms with van der Waals surface area (Å²) in [7, 11) is 0. The minimum Gasteiger partial charge on any atom is -0.479 e. The van der Waals surface area contributed by atoms with Crippen LogP contribution < -0.4 is 4.74 Å². The molecule has 4 nitrogen and oxygen atoms in total. The average Bonchev–Trinajstić information content (AvgIpc) is 2.24. The van der Waals surface area contributed by atoms with E-state index in [0.717, 1.165) is 12.1 Å². The van der Waals surface area contributed by atoms with Crippen molar-refractivity contribution in [2.75, 3.05) is 0 Å². The first-order valence-electron chi connectivity index (χ1n) is 4.78. The van der Waals surface area contributed by atoms with Gasteiger partial charge in [0.25, 0.3) is 0 Å². The Morgan fingerprint density at radius 3 is 2.65 bits per heavy atom. The summed E-state index contributed by atoms with van der Waals surface area (Å²) in [5, 5.41) is 8.69. The molecule has 0 saturated heterocycles. The number of alkyl halides is 3. The van der Waals surface area contributed by atoms with Crippen LogP contribution in [-0.4, -0.2) is 22.2 Å². The van der Waals surface area contributed by atoms with Crippen LogP contribution in [0, 0.1) is 0 Å². The third kappa shape index (κ3) is 3.61. The van der Waals surface area contributed by atoms with Crippen LogP contribution in [0.15, 0.2) is 18.2 Å². The van der Waals surface area contributed by atoms with E-state index in [2.05, 4.69) is 4.98 Å². The molecule has 1 N–H and O–H groups in total. The van der Waals surface area contributed by atoms with E-state index >= 15 is 0 Å². The second-order valence-corrected chi connectivity index (χ2v) is 3.21. The van der Waals surface area contributed by atoms with E-state index in [-0.39, 0.29) is 12.3 Å². The van der Waals surface area contributed by atoms with Crippen molar-refractivity contribution in [1.29, 1.82) is 0 Å². The van der Waals surface area contributed by atoms with E-state index in [0.29, 0.717) is 0 Å². The molecule has 0 spiro atoms. The number of carboxylic acid groups (broad SMARTS) is 1. The molecule has 0 aromatic carbocycles. The monoisotopic (exact) mass is 249 g/mol. The standard InChI is InChI=1S/C10H10F3NO3/c1-2-6(9(15)16)17-8-5-3-4-7(14-8)10(11,12)13/h3-6H,2H2,1H3,(H,15,16). The summed E-state index contributed by atoms with van der Waals surface area (Å²) in [6.07, 6.45) is -5.65. The van der Waals surface area contributed by atoms with Gasteiger partial charge in [0.1, 0.15) is 5.69 Å². The number of carboxylic acids is 1. The molecule has 0 bridgehead atoms. The Labute approximate surface area is 95.0 Å². The Hall–Kier alpha value is -1.79. The number of halogens is 3. The van der Waals surface area contributed by atoms with Gasteiger partial charge in [0.05, 0.1) is 0 Å². The molecular weight excluding hydrogens is 239 g/mol. The lowest BCUT2D eigenvalue weighted by molar-refractivity contribution is -0.145. The van der Waals surface area contributed by atoms with Crippen molar-refractivity contribution in [1.82, 2.24) is 4.98 Å². The van der Waals surface area contributed by atoms with Crippen molar-refractivity contribution in [3.05, 3.63) is 23.9 Å². The quantitative estimate of drug-likeness (QED) is 0.889. The summed E-state index contributed by atoms with van der Waals surface area (Å²) in [4.78, 5) is 13.8. The average molecular weight is 249 g/mol. The van der Waals surface area contributed by atoms with Crippen LogP contribution in [0.2, 0.25) is 0 Å². The van der Waals surface area contributed by atoms with Crippen LogP contribution in [0.25, 0.3) is 0 Å². The summed E-state index contributed by atoms with van der Waals surface area (Å²) >= 11 is 0. The van der Waals surface area contributed by atoms with Crippen molar-refractivity contribution >= 4 is 5.97 Å². The predicted molar refractivity (Wildman–Crippen MR) is 51.6 cm³/mol. The fourth-order valence-corrected chi connectivity index (χ4v) is 1.09. The van der Waals surface area contributed by atoms with Crippen LogP contribution in [0.4, 0.5) is 13.2 Å². The summed E-state index contributed by atoms with van der Waals surface area (Å²) < 4.78 is 41.8. The summed E-state index contributed by atoms with van der Waals surface area (Å²) in [5.74, 6) is -1.60. The highest BCUT2D eigenvalue weighted by atomic mass is 19.4. The van der Waals surface area contributed by atoms with Crippen LogP contribution in [0.5, 0.6) is 5.88 Å². The van der Waals surface area contributed by atoms with Crippen LogP contribution in [-0.2, 0) is 11.0 Å². The van der Waals surface area contributed by atoms with E-state index in [1.807, 2.05) is 0 Å². The van der Waals surface area contributed by atoms with E-state index in [4.69, 9.17) is 9.84 Å². The molecular formula is C10H10F3NO3. The van der Waals surface area contributed by atoms with Crippen molar-refractivity contribution in [2.24, 2.45) is 0 Å². The number of hydrogen-bond acceptors (Lipinski definition) is 3. The van der Waals surface area contributed by atoms with Crippen molar-refractivity contribution in [3.63, 3.8) is 0 Å². The van der Waals surface area contributed by atoms with Gasteiger partial charge in [-0.1, -0.05) is 13.0 Å². The molecule has 0 amide bonds.